The molecule has 1 aliphatic rings. The number of halogens is 3. The third-order valence-corrected chi connectivity index (χ3v) is 3.46. The second kappa shape index (κ2) is 5.98. The average molecular weight is 303 g/mol. The first-order valence-corrected chi connectivity index (χ1v) is 6.57. The summed E-state index contributed by atoms with van der Waals surface area (Å²) in [4.78, 5) is 11.7. The molecular weight excluding hydrogens is 287 g/mol. The van der Waals surface area contributed by atoms with Crippen molar-refractivity contribution >= 4 is 5.69 Å². The van der Waals surface area contributed by atoms with E-state index in [2.05, 4.69) is 5.32 Å². The van der Waals surface area contributed by atoms with Crippen LogP contribution < -0.4 is 5.32 Å². The van der Waals surface area contributed by atoms with Crippen molar-refractivity contribution in [3.05, 3.63) is 39.4 Å². The highest BCUT2D eigenvalue weighted by molar-refractivity contribution is 5.41. The molecule has 0 radical (unpaired) electrons. The van der Waals surface area contributed by atoms with E-state index in [0.717, 1.165) is 12.6 Å². The number of nitro groups is 1. The van der Waals surface area contributed by atoms with Crippen LogP contribution in [0.4, 0.5) is 18.9 Å². The molecule has 21 heavy (non-hydrogen) atoms. The van der Waals surface area contributed by atoms with Crippen LogP contribution in [0.5, 0.6) is 0 Å². The van der Waals surface area contributed by atoms with E-state index in [1.54, 1.807) is 0 Å². The first kappa shape index (κ1) is 15.7. The van der Waals surface area contributed by atoms with Crippen LogP contribution in [0.25, 0.3) is 0 Å². The van der Waals surface area contributed by atoms with Gasteiger partial charge in [0, 0.05) is 44.4 Å². The van der Waals surface area contributed by atoms with E-state index in [1.807, 2.05) is 11.8 Å². The van der Waals surface area contributed by atoms with Gasteiger partial charge in [-0.15, -0.1) is 0 Å². The van der Waals surface area contributed by atoms with E-state index in [-0.39, 0.29) is 18.2 Å². The Hall–Kier alpha value is -1.67. The van der Waals surface area contributed by atoms with Gasteiger partial charge < -0.3 is 5.32 Å². The number of piperazine rings is 1. The normalized spacial score (nSPS) is 20.5. The molecular formula is C13H16F3N3O2. The summed E-state index contributed by atoms with van der Waals surface area (Å²) < 4.78 is 39.2. The van der Waals surface area contributed by atoms with Crippen molar-refractivity contribution in [3.8, 4) is 0 Å². The molecule has 1 saturated heterocycles. The zero-order valence-corrected chi connectivity index (χ0v) is 11.5. The molecule has 8 heteroatoms. The van der Waals surface area contributed by atoms with Crippen molar-refractivity contribution in [2.24, 2.45) is 0 Å². The molecule has 1 N–H and O–H groups in total. The van der Waals surface area contributed by atoms with Crippen LogP contribution in [0, 0.1) is 10.1 Å². The van der Waals surface area contributed by atoms with Crippen LogP contribution in [0.3, 0.4) is 0 Å². The Morgan fingerprint density at radius 3 is 2.76 bits per heavy atom. The Labute approximate surface area is 119 Å². The minimum atomic E-state index is -4.60. The third-order valence-electron chi connectivity index (χ3n) is 3.46. The zero-order valence-electron chi connectivity index (χ0n) is 11.5. The highest BCUT2D eigenvalue weighted by Gasteiger charge is 2.35. The van der Waals surface area contributed by atoms with Gasteiger partial charge in [-0.25, -0.2) is 0 Å². The molecule has 0 spiro atoms. The molecule has 1 atom stereocenters. The number of nitro benzene ring substituents is 1. The SMILES string of the molecule is CC1CN(Cc2ccc([N+](=O)[O-])cc2C(F)(F)F)CCN1. The predicted molar refractivity (Wildman–Crippen MR) is 70.8 cm³/mol. The lowest BCUT2D eigenvalue weighted by Gasteiger charge is -2.32. The number of hydrogen-bond acceptors (Lipinski definition) is 4. The zero-order chi connectivity index (χ0) is 15.6. The van der Waals surface area contributed by atoms with Gasteiger partial charge >= 0.3 is 6.18 Å². The Morgan fingerprint density at radius 1 is 1.48 bits per heavy atom. The summed E-state index contributed by atoms with van der Waals surface area (Å²) in [5.41, 5.74) is -1.40. The first-order valence-electron chi connectivity index (χ1n) is 6.57. The summed E-state index contributed by atoms with van der Waals surface area (Å²) in [6, 6.07) is 3.15. The number of benzene rings is 1. The second-order valence-corrected chi connectivity index (χ2v) is 5.19. The fourth-order valence-electron chi connectivity index (χ4n) is 2.48. The first-order chi connectivity index (χ1) is 9.77. The standard InChI is InChI=1S/C13H16F3N3O2/c1-9-7-18(5-4-17-9)8-10-2-3-11(19(20)21)6-12(10)13(14,15)16/h2-3,6,9,17H,4-5,7-8H2,1H3. The maximum Gasteiger partial charge on any atom is 0.416 e. The van der Waals surface area contributed by atoms with E-state index in [1.165, 1.54) is 6.07 Å². The van der Waals surface area contributed by atoms with Gasteiger partial charge in [-0.05, 0) is 12.5 Å². The minimum absolute atomic E-state index is 0.0715. The number of rotatable bonds is 3. The topological polar surface area (TPSA) is 58.4 Å². The van der Waals surface area contributed by atoms with Gasteiger partial charge in [-0.2, -0.15) is 13.2 Å². The van der Waals surface area contributed by atoms with E-state index < -0.39 is 22.4 Å². The molecule has 116 valence electrons. The van der Waals surface area contributed by atoms with Crippen LogP contribution in [-0.2, 0) is 12.7 Å². The van der Waals surface area contributed by atoms with Crippen molar-refractivity contribution in [3.63, 3.8) is 0 Å². The molecule has 1 aromatic carbocycles. The molecule has 0 amide bonds. The monoisotopic (exact) mass is 303 g/mol. The van der Waals surface area contributed by atoms with Crippen molar-refractivity contribution < 1.29 is 18.1 Å². The Morgan fingerprint density at radius 2 is 2.19 bits per heavy atom. The average Bonchev–Trinajstić information content (AvgIpc) is 2.37. The number of nitrogens with one attached hydrogen (secondary N) is 1. The van der Waals surface area contributed by atoms with Crippen LogP contribution in [0.2, 0.25) is 0 Å². The minimum Gasteiger partial charge on any atom is -0.312 e. The summed E-state index contributed by atoms with van der Waals surface area (Å²) in [7, 11) is 0. The molecule has 1 aromatic rings. The maximum absolute atomic E-state index is 13.1. The van der Waals surface area contributed by atoms with E-state index in [4.69, 9.17) is 0 Å². The van der Waals surface area contributed by atoms with Crippen molar-refractivity contribution in [2.75, 3.05) is 19.6 Å². The smallest absolute Gasteiger partial charge is 0.312 e. The maximum atomic E-state index is 13.1. The van der Waals surface area contributed by atoms with E-state index >= 15 is 0 Å². The summed E-state index contributed by atoms with van der Waals surface area (Å²) in [5.74, 6) is 0. The summed E-state index contributed by atoms with van der Waals surface area (Å²) >= 11 is 0. The van der Waals surface area contributed by atoms with Gasteiger partial charge in [0.1, 0.15) is 0 Å². The number of alkyl halides is 3. The van der Waals surface area contributed by atoms with Gasteiger partial charge in [0.15, 0.2) is 0 Å². The molecule has 1 unspecified atom stereocenters. The third kappa shape index (κ3) is 3.92. The van der Waals surface area contributed by atoms with Gasteiger partial charge in [-0.1, -0.05) is 6.07 Å². The quantitative estimate of drug-likeness (QED) is 0.688. The van der Waals surface area contributed by atoms with E-state index in [0.29, 0.717) is 19.2 Å². The molecule has 5 nitrogen and oxygen atoms in total. The molecule has 0 saturated carbocycles. The van der Waals surface area contributed by atoms with Crippen molar-refractivity contribution in [1.82, 2.24) is 10.2 Å². The highest BCUT2D eigenvalue weighted by Crippen LogP contribution is 2.35. The molecule has 1 aliphatic heterocycles. The Kier molecular flexibility index (Phi) is 4.48. The Bertz CT molecular complexity index is 534. The van der Waals surface area contributed by atoms with Crippen molar-refractivity contribution in [1.29, 1.82) is 0 Å². The molecule has 0 aromatic heterocycles. The summed E-state index contributed by atoms with van der Waals surface area (Å²) in [6.07, 6.45) is -4.60. The van der Waals surface area contributed by atoms with Crippen LogP contribution in [0.15, 0.2) is 18.2 Å². The lowest BCUT2D eigenvalue weighted by Crippen LogP contribution is -2.48. The van der Waals surface area contributed by atoms with Crippen LogP contribution >= 0.6 is 0 Å². The largest absolute Gasteiger partial charge is 0.416 e. The number of non-ortho nitro benzene ring substituents is 1. The number of nitrogens with zero attached hydrogens (tertiary/aromatic N) is 2. The highest BCUT2D eigenvalue weighted by atomic mass is 19.4. The Balaban J connectivity index is 2.27. The van der Waals surface area contributed by atoms with Crippen LogP contribution in [0.1, 0.15) is 18.1 Å². The lowest BCUT2D eigenvalue weighted by molar-refractivity contribution is -0.385. The molecule has 0 bridgehead atoms. The van der Waals surface area contributed by atoms with Gasteiger partial charge in [-0.3, -0.25) is 15.0 Å². The molecule has 0 aliphatic carbocycles. The lowest BCUT2D eigenvalue weighted by atomic mass is 10.0. The van der Waals surface area contributed by atoms with E-state index in [9.17, 15) is 23.3 Å². The predicted octanol–water partition coefficient (Wildman–Crippen LogP) is 2.41. The summed E-state index contributed by atoms with van der Waals surface area (Å²) in [5, 5.41) is 13.9. The second-order valence-electron chi connectivity index (χ2n) is 5.19. The molecule has 2 rings (SSSR count). The number of hydrogen-bond donors (Lipinski definition) is 1. The summed E-state index contributed by atoms with van der Waals surface area (Å²) in [6.45, 7) is 4.12. The van der Waals surface area contributed by atoms with Gasteiger partial charge in [0.05, 0.1) is 10.5 Å². The fraction of sp³-hybridized carbons (Fsp3) is 0.538. The molecule has 1 heterocycles. The molecule has 1 fully saturated rings. The van der Waals surface area contributed by atoms with Crippen LogP contribution in [-0.4, -0.2) is 35.5 Å². The van der Waals surface area contributed by atoms with Gasteiger partial charge in [0.2, 0.25) is 0 Å². The van der Waals surface area contributed by atoms with Gasteiger partial charge in [0.25, 0.3) is 5.69 Å². The van der Waals surface area contributed by atoms with Crippen molar-refractivity contribution in [2.45, 2.75) is 25.7 Å². The fourth-order valence-corrected chi connectivity index (χ4v) is 2.48.